The molecule has 1 saturated heterocycles. The molecule has 2 aromatic rings. The van der Waals surface area contributed by atoms with Gasteiger partial charge in [0.1, 0.15) is 5.82 Å². The molecule has 1 aliphatic heterocycles. The molecule has 1 aliphatic rings. The van der Waals surface area contributed by atoms with E-state index in [0.29, 0.717) is 5.82 Å². The van der Waals surface area contributed by atoms with Crippen LogP contribution in [0.5, 0.6) is 0 Å². The molecule has 0 saturated carbocycles. The summed E-state index contributed by atoms with van der Waals surface area (Å²) in [5.41, 5.74) is 14.7. The van der Waals surface area contributed by atoms with Gasteiger partial charge in [-0.2, -0.15) is 4.98 Å². The highest BCUT2D eigenvalue weighted by atomic mass is 127. The lowest BCUT2D eigenvalue weighted by atomic mass is 10.0. The van der Waals surface area contributed by atoms with E-state index in [1.165, 1.54) is 5.56 Å². The number of rotatable bonds is 3. The molecule has 3 rings (SSSR count). The van der Waals surface area contributed by atoms with Crippen molar-refractivity contribution in [2.24, 2.45) is 0 Å². The Bertz CT molecular complexity index is 673. The summed E-state index contributed by atoms with van der Waals surface area (Å²) in [5.74, 6) is 0.610. The molecular weight excluding hydrogens is 393 g/mol. The number of nitrogen functional groups attached to an aromatic ring is 2. The maximum Gasteiger partial charge on any atom is 0.221 e. The van der Waals surface area contributed by atoms with E-state index < -0.39 is 0 Å². The smallest absolute Gasteiger partial charge is 0.221 e. The van der Waals surface area contributed by atoms with Gasteiger partial charge >= 0.3 is 0 Å². The molecule has 0 aliphatic carbocycles. The summed E-state index contributed by atoms with van der Waals surface area (Å²) >= 11 is 2.30. The Kier molecular flexibility index (Phi) is 4.74. The predicted molar refractivity (Wildman–Crippen MR) is 95.1 cm³/mol. The van der Waals surface area contributed by atoms with Gasteiger partial charge in [0.25, 0.3) is 0 Å². The number of nitrogens with zero attached hydrogens (tertiary/aromatic N) is 3. The van der Waals surface area contributed by atoms with Crippen LogP contribution in [0.15, 0.2) is 24.4 Å². The summed E-state index contributed by atoms with van der Waals surface area (Å²) in [5, 5.41) is 0. The summed E-state index contributed by atoms with van der Waals surface area (Å²) in [6.45, 7) is 4.32. The minimum atomic E-state index is 0.196. The molecule has 1 aromatic heterocycles. The molecule has 1 fully saturated rings. The van der Waals surface area contributed by atoms with Gasteiger partial charge in [-0.1, -0.05) is 6.07 Å². The third-order valence-corrected chi connectivity index (χ3v) is 4.37. The van der Waals surface area contributed by atoms with E-state index in [4.69, 9.17) is 16.2 Å². The van der Waals surface area contributed by atoms with Crippen LogP contribution in [0.1, 0.15) is 5.56 Å². The van der Waals surface area contributed by atoms with Crippen molar-refractivity contribution < 1.29 is 4.74 Å². The van der Waals surface area contributed by atoms with Crippen LogP contribution in [-0.4, -0.2) is 41.2 Å². The highest BCUT2D eigenvalue weighted by Crippen LogP contribution is 2.30. The van der Waals surface area contributed by atoms with Crippen LogP contribution < -0.4 is 11.5 Å². The maximum atomic E-state index is 6.04. The average molecular weight is 411 g/mol. The molecule has 4 N–H and O–H groups in total. The lowest BCUT2D eigenvalue weighted by Crippen LogP contribution is -2.35. The lowest BCUT2D eigenvalue weighted by molar-refractivity contribution is 0.0342. The average Bonchev–Trinajstić information content (AvgIpc) is 2.50. The van der Waals surface area contributed by atoms with Crippen molar-refractivity contribution >= 4 is 34.4 Å². The minimum absolute atomic E-state index is 0.196. The van der Waals surface area contributed by atoms with Crippen molar-refractivity contribution in [2.75, 3.05) is 37.8 Å². The molecule has 1 aromatic carbocycles. The molecule has 0 amide bonds. The summed E-state index contributed by atoms with van der Waals surface area (Å²) < 4.78 is 6.55. The number of anilines is 2. The van der Waals surface area contributed by atoms with Crippen molar-refractivity contribution in [1.82, 2.24) is 14.9 Å². The number of nitrogens with two attached hydrogens (primary N) is 2. The van der Waals surface area contributed by atoms with Crippen LogP contribution in [0.2, 0.25) is 0 Å². The Labute approximate surface area is 143 Å². The van der Waals surface area contributed by atoms with Gasteiger partial charge in [0.15, 0.2) is 0 Å². The van der Waals surface area contributed by atoms with Crippen LogP contribution >= 0.6 is 22.6 Å². The first-order valence-corrected chi connectivity index (χ1v) is 8.18. The quantitative estimate of drug-likeness (QED) is 0.749. The molecular formula is C15H18IN5O. The molecule has 7 heteroatoms. The summed E-state index contributed by atoms with van der Waals surface area (Å²) in [7, 11) is 0. The van der Waals surface area contributed by atoms with Crippen LogP contribution in [-0.2, 0) is 11.3 Å². The predicted octanol–water partition coefficient (Wildman–Crippen LogP) is 1.74. The highest BCUT2D eigenvalue weighted by Gasteiger charge is 2.16. The van der Waals surface area contributed by atoms with Gasteiger partial charge in [0.05, 0.1) is 13.2 Å². The number of hydrogen-bond donors (Lipinski definition) is 2. The Balaban J connectivity index is 1.96. The van der Waals surface area contributed by atoms with E-state index in [9.17, 15) is 0 Å². The number of aromatic nitrogens is 2. The molecule has 0 radical (unpaired) electrons. The van der Waals surface area contributed by atoms with Crippen LogP contribution in [0.25, 0.3) is 11.1 Å². The summed E-state index contributed by atoms with van der Waals surface area (Å²) in [6.07, 6.45) is 1.70. The Morgan fingerprint density at radius 2 is 1.95 bits per heavy atom. The monoisotopic (exact) mass is 411 g/mol. The fourth-order valence-electron chi connectivity index (χ4n) is 2.55. The maximum absolute atomic E-state index is 6.04. The van der Waals surface area contributed by atoms with E-state index in [0.717, 1.165) is 47.5 Å². The van der Waals surface area contributed by atoms with Crippen molar-refractivity contribution in [3.8, 4) is 11.1 Å². The Hall–Kier alpha value is -1.45. The second kappa shape index (κ2) is 6.76. The fourth-order valence-corrected chi connectivity index (χ4v) is 3.05. The highest BCUT2D eigenvalue weighted by molar-refractivity contribution is 14.1. The molecule has 0 spiro atoms. The van der Waals surface area contributed by atoms with E-state index in [1.807, 2.05) is 0 Å². The van der Waals surface area contributed by atoms with Crippen molar-refractivity contribution in [1.29, 1.82) is 0 Å². The molecule has 6 nitrogen and oxygen atoms in total. The largest absolute Gasteiger partial charge is 0.383 e. The van der Waals surface area contributed by atoms with E-state index >= 15 is 0 Å². The van der Waals surface area contributed by atoms with Gasteiger partial charge in [-0.05, 0) is 45.9 Å². The second-order valence-corrected chi connectivity index (χ2v) is 6.46. The van der Waals surface area contributed by atoms with Crippen molar-refractivity contribution in [2.45, 2.75) is 6.54 Å². The molecule has 0 unspecified atom stereocenters. The SMILES string of the molecule is Nc1ncc(-c2cc(I)ccc2CN2CCOCC2)c(N)n1. The third kappa shape index (κ3) is 3.47. The third-order valence-electron chi connectivity index (χ3n) is 3.70. The number of morpholine rings is 1. The van der Waals surface area contributed by atoms with Gasteiger partial charge in [0, 0.05) is 35.0 Å². The fraction of sp³-hybridized carbons (Fsp3) is 0.333. The van der Waals surface area contributed by atoms with Gasteiger partial charge in [-0.25, -0.2) is 4.98 Å². The van der Waals surface area contributed by atoms with Crippen molar-refractivity contribution in [3.63, 3.8) is 0 Å². The number of ether oxygens (including phenoxy) is 1. The molecule has 22 heavy (non-hydrogen) atoms. The zero-order chi connectivity index (χ0) is 15.5. The zero-order valence-corrected chi connectivity index (χ0v) is 14.3. The van der Waals surface area contributed by atoms with Crippen molar-refractivity contribution in [3.05, 3.63) is 33.5 Å². The Morgan fingerprint density at radius 3 is 2.68 bits per heavy atom. The van der Waals surface area contributed by atoms with Crippen LogP contribution in [0, 0.1) is 3.57 Å². The molecule has 0 atom stereocenters. The summed E-state index contributed by atoms with van der Waals surface area (Å²) in [4.78, 5) is 10.5. The first-order chi connectivity index (χ1) is 10.6. The standard InChI is InChI=1S/C15H18IN5O/c16-11-2-1-10(9-21-3-5-22-6-4-21)12(7-11)13-8-19-15(18)20-14(13)17/h1-2,7-8H,3-6,9H2,(H4,17,18,19,20). The molecule has 116 valence electrons. The van der Waals surface area contributed by atoms with E-state index in [-0.39, 0.29) is 5.95 Å². The first kappa shape index (κ1) is 15.4. The minimum Gasteiger partial charge on any atom is -0.383 e. The van der Waals surface area contributed by atoms with E-state index in [2.05, 4.69) is 55.7 Å². The second-order valence-electron chi connectivity index (χ2n) is 5.22. The zero-order valence-electron chi connectivity index (χ0n) is 12.1. The normalized spacial score (nSPS) is 15.9. The van der Waals surface area contributed by atoms with Gasteiger partial charge in [0.2, 0.25) is 5.95 Å². The number of halogens is 1. The van der Waals surface area contributed by atoms with Gasteiger partial charge < -0.3 is 16.2 Å². The van der Waals surface area contributed by atoms with Gasteiger partial charge in [-0.15, -0.1) is 0 Å². The lowest BCUT2D eigenvalue weighted by Gasteiger charge is -2.27. The molecule has 2 heterocycles. The topological polar surface area (TPSA) is 90.3 Å². The van der Waals surface area contributed by atoms with Gasteiger partial charge in [-0.3, -0.25) is 4.90 Å². The number of hydrogen-bond acceptors (Lipinski definition) is 6. The first-order valence-electron chi connectivity index (χ1n) is 7.10. The van der Waals surface area contributed by atoms with E-state index in [1.54, 1.807) is 6.20 Å². The number of benzene rings is 1. The molecule has 0 bridgehead atoms. The summed E-state index contributed by atoms with van der Waals surface area (Å²) in [6, 6.07) is 6.36. The van der Waals surface area contributed by atoms with Crippen LogP contribution in [0.3, 0.4) is 0 Å². The Morgan fingerprint density at radius 1 is 1.18 bits per heavy atom. The van der Waals surface area contributed by atoms with Crippen LogP contribution in [0.4, 0.5) is 11.8 Å².